The first kappa shape index (κ1) is 19.8. The Balaban J connectivity index is 1.53. The summed E-state index contributed by atoms with van der Waals surface area (Å²) in [7, 11) is 1.64. The number of carbonyl (C=O) groups is 1. The maximum absolute atomic E-state index is 12.6. The first-order chi connectivity index (χ1) is 14.6. The Kier molecular flexibility index (Phi) is 5.89. The van der Waals surface area contributed by atoms with Gasteiger partial charge in [-0.2, -0.15) is 0 Å². The van der Waals surface area contributed by atoms with Crippen LogP contribution in [0.2, 0.25) is 0 Å². The molecule has 0 radical (unpaired) electrons. The van der Waals surface area contributed by atoms with Crippen LogP contribution in [0, 0.1) is 6.92 Å². The highest BCUT2D eigenvalue weighted by atomic mass is 16.5. The highest BCUT2D eigenvalue weighted by Gasteiger charge is 2.29. The normalized spacial score (nSPS) is 17.4. The number of aryl methyl sites for hydroxylation is 1. The lowest BCUT2D eigenvalue weighted by Crippen LogP contribution is -2.34. The number of anilines is 1. The van der Waals surface area contributed by atoms with Gasteiger partial charge in [-0.25, -0.2) is 4.79 Å². The molecule has 2 atom stereocenters. The summed E-state index contributed by atoms with van der Waals surface area (Å²) >= 11 is 0. The van der Waals surface area contributed by atoms with Crippen LogP contribution in [0.15, 0.2) is 72.8 Å². The van der Waals surface area contributed by atoms with E-state index in [0.717, 1.165) is 22.6 Å². The minimum absolute atomic E-state index is 0.0888. The molecule has 154 valence electrons. The van der Waals surface area contributed by atoms with E-state index in [1.54, 1.807) is 7.11 Å². The molecule has 0 unspecified atom stereocenters. The number of methoxy groups -OCH3 is 1. The number of amides is 1. The van der Waals surface area contributed by atoms with Gasteiger partial charge < -0.3 is 20.1 Å². The van der Waals surface area contributed by atoms with Crippen molar-refractivity contribution < 1.29 is 14.3 Å². The van der Waals surface area contributed by atoms with Gasteiger partial charge in [0.05, 0.1) is 19.2 Å². The van der Waals surface area contributed by atoms with Crippen molar-refractivity contribution in [3.05, 3.63) is 95.1 Å². The molecule has 1 heterocycles. The molecule has 1 amide bonds. The molecule has 0 saturated heterocycles. The second kappa shape index (κ2) is 8.91. The molecule has 0 bridgehead atoms. The molecular formula is C25H26N2O3. The standard InChI is InChI=1S/C25H26N2O3/c1-17-8-10-19(11-9-17)23-15-24(21-14-20(29-2)12-13-22(21)26-23)27-25(28)30-16-18-6-4-3-5-7-18/h3-14,23-24,26H,15-16H2,1-2H3,(H,27,28)/t23-,24-/m0/s1. The summed E-state index contributed by atoms with van der Waals surface area (Å²) in [5.74, 6) is 0.758. The summed E-state index contributed by atoms with van der Waals surface area (Å²) in [5, 5.41) is 6.65. The van der Waals surface area contributed by atoms with Crippen LogP contribution in [0.4, 0.5) is 10.5 Å². The lowest BCUT2D eigenvalue weighted by Gasteiger charge is -2.34. The quantitative estimate of drug-likeness (QED) is 0.589. The van der Waals surface area contributed by atoms with Crippen molar-refractivity contribution in [2.45, 2.75) is 32.0 Å². The Morgan fingerprint density at radius 1 is 1.07 bits per heavy atom. The molecule has 3 aromatic carbocycles. The van der Waals surface area contributed by atoms with E-state index in [4.69, 9.17) is 9.47 Å². The van der Waals surface area contributed by atoms with Crippen molar-refractivity contribution in [2.24, 2.45) is 0 Å². The van der Waals surface area contributed by atoms with Gasteiger partial charge in [0.25, 0.3) is 0 Å². The molecule has 0 spiro atoms. The van der Waals surface area contributed by atoms with Gasteiger partial charge in [-0.05, 0) is 42.7 Å². The Bertz CT molecular complexity index is 1000. The lowest BCUT2D eigenvalue weighted by molar-refractivity contribution is 0.134. The zero-order valence-corrected chi connectivity index (χ0v) is 17.2. The van der Waals surface area contributed by atoms with E-state index >= 15 is 0 Å². The zero-order valence-electron chi connectivity index (χ0n) is 17.2. The molecule has 3 aromatic rings. The van der Waals surface area contributed by atoms with Crippen molar-refractivity contribution >= 4 is 11.8 Å². The Hall–Kier alpha value is -3.47. The summed E-state index contributed by atoms with van der Waals surface area (Å²) in [6.45, 7) is 2.32. The Morgan fingerprint density at radius 3 is 2.57 bits per heavy atom. The minimum atomic E-state index is -0.429. The molecule has 30 heavy (non-hydrogen) atoms. The molecule has 1 aliphatic rings. The molecule has 0 aromatic heterocycles. The molecule has 5 heteroatoms. The maximum atomic E-state index is 12.6. The fourth-order valence-corrected chi connectivity index (χ4v) is 3.76. The van der Waals surface area contributed by atoms with Gasteiger partial charge in [0.2, 0.25) is 0 Å². The van der Waals surface area contributed by atoms with Gasteiger partial charge in [0, 0.05) is 11.3 Å². The third-order valence-electron chi connectivity index (χ3n) is 5.42. The third kappa shape index (κ3) is 4.57. The molecule has 1 aliphatic heterocycles. The topological polar surface area (TPSA) is 59.6 Å². The number of hydrogen-bond acceptors (Lipinski definition) is 4. The van der Waals surface area contributed by atoms with Crippen LogP contribution in [0.1, 0.15) is 40.8 Å². The highest BCUT2D eigenvalue weighted by Crippen LogP contribution is 2.40. The van der Waals surface area contributed by atoms with E-state index in [1.165, 1.54) is 11.1 Å². The zero-order chi connectivity index (χ0) is 20.9. The number of nitrogens with one attached hydrogen (secondary N) is 2. The first-order valence-corrected chi connectivity index (χ1v) is 10.1. The van der Waals surface area contributed by atoms with Gasteiger partial charge >= 0.3 is 6.09 Å². The van der Waals surface area contributed by atoms with Gasteiger partial charge in [0.1, 0.15) is 12.4 Å². The smallest absolute Gasteiger partial charge is 0.407 e. The average molecular weight is 402 g/mol. The van der Waals surface area contributed by atoms with Crippen molar-refractivity contribution in [1.82, 2.24) is 5.32 Å². The monoisotopic (exact) mass is 402 g/mol. The summed E-state index contributed by atoms with van der Waals surface area (Å²) < 4.78 is 10.8. The second-order valence-electron chi connectivity index (χ2n) is 7.56. The Morgan fingerprint density at radius 2 is 1.83 bits per heavy atom. The van der Waals surface area contributed by atoms with Crippen LogP contribution in [0.3, 0.4) is 0 Å². The van der Waals surface area contributed by atoms with Crippen molar-refractivity contribution in [1.29, 1.82) is 0 Å². The van der Waals surface area contributed by atoms with E-state index in [2.05, 4.69) is 41.8 Å². The molecule has 5 nitrogen and oxygen atoms in total. The molecule has 2 N–H and O–H groups in total. The second-order valence-corrected chi connectivity index (χ2v) is 7.56. The van der Waals surface area contributed by atoms with E-state index in [1.807, 2.05) is 48.5 Å². The SMILES string of the molecule is COc1ccc2c(c1)[C@@H](NC(=O)OCc1ccccc1)C[C@@H](c1ccc(C)cc1)N2. The predicted molar refractivity (Wildman–Crippen MR) is 118 cm³/mol. The van der Waals surface area contributed by atoms with Crippen molar-refractivity contribution in [3.63, 3.8) is 0 Å². The lowest BCUT2D eigenvalue weighted by atomic mass is 9.89. The number of ether oxygens (including phenoxy) is 2. The van der Waals surface area contributed by atoms with Crippen LogP contribution in [0.25, 0.3) is 0 Å². The summed E-state index contributed by atoms with van der Waals surface area (Å²) in [4.78, 5) is 12.6. The predicted octanol–water partition coefficient (Wildman–Crippen LogP) is 5.53. The number of benzene rings is 3. The van der Waals surface area contributed by atoms with Crippen molar-refractivity contribution in [2.75, 3.05) is 12.4 Å². The molecule has 0 saturated carbocycles. The summed E-state index contributed by atoms with van der Waals surface area (Å²) in [6, 6.07) is 23.9. The molecular weight excluding hydrogens is 376 g/mol. The Labute approximate surface area is 177 Å². The number of carbonyl (C=O) groups excluding carboxylic acids is 1. The first-order valence-electron chi connectivity index (χ1n) is 10.1. The average Bonchev–Trinajstić information content (AvgIpc) is 2.78. The van der Waals surface area contributed by atoms with Gasteiger partial charge in [-0.15, -0.1) is 0 Å². The number of alkyl carbamates (subject to hydrolysis) is 1. The van der Waals surface area contributed by atoms with Gasteiger partial charge in [-0.3, -0.25) is 0 Å². The van der Waals surface area contributed by atoms with Crippen LogP contribution in [-0.2, 0) is 11.3 Å². The summed E-state index contributed by atoms with van der Waals surface area (Å²) in [5.41, 5.74) is 5.35. The maximum Gasteiger partial charge on any atom is 0.407 e. The fourth-order valence-electron chi connectivity index (χ4n) is 3.76. The summed E-state index contributed by atoms with van der Waals surface area (Å²) in [6.07, 6.45) is 0.283. The molecule has 0 fully saturated rings. The van der Waals surface area contributed by atoms with Crippen LogP contribution in [-0.4, -0.2) is 13.2 Å². The van der Waals surface area contributed by atoms with E-state index in [0.29, 0.717) is 6.42 Å². The fraction of sp³-hybridized carbons (Fsp3) is 0.240. The molecule has 0 aliphatic carbocycles. The van der Waals surface area contributed by atoms with Gasteiger partial charge in [-0.1, -0.05) is 60.2 Å². The molecule has 4 rings (SSSR count). The number of hydrogen-bond donors (Lipinski definition) is 2. The number of fused-ring (bicyclic) bond motifs is 1. The van der Waals surface area contributed by atoms with Crippen LogP contribution >= 0.6 is 0 Å². The van der Waals surface area contributed by atoms with E-state index in [9.17, 15) is 4.79 Å². The van der Waals surface area contributed by atoms with Crippen LogP contribution < -0.4 is 15.4 Å². The third-order valence-corrected chi connectivity index (χ3v) is 5.42. The van der Waals surface area contributed by atoms with Crippen LogP contribution in [0.5, 0.6) is 5.75 Å². The van der Waals surface area contributed by atoms with Gasteiger partial charge in [0.15, 0.2) is 0 Å². The van der Waals surface area contributed by atoms with Crippen molar-refractivity contribution in [3.8, 4) is 5.75 Å². The minimum Gasteiger partial charge on any atom is -0.497 e. The largest absolute Gasteiger partial charge is 0.497 e. The number of rotatable bonds is 5. The highest BCUT2D eigenvalue weighted by molar-refractivity contribution is 5.70. The van der Waals surface area contributed by atoms with E-state index < -0.39 is 6.09 Å². The van der Waals surface area contributed by atoms with E-state index in [-0.39, 0.29) is 18.7 Å².